The number of carbonyl (C=O) groups is 2. The Morgan fingerprint density at radius 3 is 2.49 bits per heavy atom. The lowest BCUT2D eigenvalue weighted by Crippen LogP contribution is -2.60. The number of aliphatic hydroxyl groups excluding tert-OH is 5. The van der Waals surface area contributed by atoms with E-state index in [-0.39, 0.29) is 24.3 Å². The second-order valence-electron chi connectivity index (χ2n) is 10.00. The number of fused-ring (bicyclic) bond motifs is 2. The molecule has 0 aliphatic carbocycles. The lowest BCUT2D eigenvalue weighted by Gasteiger charge is -2.37. The first-order chi connectivity index (χ1) is 16.3. The van der Waals surface area contributed by atoms with Gasteiger partial charge in [-0.15, -0.1) is 0 Å². The van der Waals surface area contributed by atoms with Crippen LogP contribution >= 0.6 is 0 Å². The molecule has 3 heterocycles. The van der Waals surface area contributed by atoms with Crippen molar-refractivity contribution in [3.63, 3.8) is 0 Å². The standard InChI is InChI=1S/C22H32N2O10Si/c1-9-18(35(2,3)32)13(6-7-25)34-22(9)11-8-10(4-5-12(11)24-21(22)31)23-19(29)17-15(27)14(26)16(28)20(30)33-17/h4-5,8-9,13-18,20,25-28,30,32H,6-7H2,1-3H3,(H,23,29)(H,24,31)/t9-,13+,14-,15-,16+,17-,18-,20+,22+/m0/s1. The third-order valence-electron chi connectivity index (χ3n) is 7.27. The van der Waals surface area contributed by atoms with Crippen LogP contribution < -0.4 is 10.6 Å². The van der Waals surface area contributed by atoms with E-state index >= 15 is 0 Å². The SMILES string of the molecule is C[C@H]1[C@H]([Si](C)(C)O)[C@@H](CCO)O[C@]12C(=O)Nc1ccc(NC(=O)[C@H]3O[C@@H](O)[C@H](O)[C@@H](O)[C@@H]3O)cc12. The van der Waals surface area contributed by atoms with Crippen LogP contribution in [0.4, 0.5) is 11.4 Å². The monoisotopic (exact) mass is 512 g/mol. The first-order valence-electron chi connectivity index (χ1n) is 11.5. The molecular formula is C22H32N2O10Si. The van der Waals surface area contributed by atoms with E-state index in [9.17, 15) is 39.9 Å². The van der Waals surface area contributed by atoms with Crippen molar-refractivity contribution in [1.82, 2.24) is 0 Å². The predicted octanol–water partition coefficient (Wildman–Crippen LogP) is -1.44. The van der Waals surface area contributed by atoms with Gasteiger partial charge in [0.2, 0.25) is 0 Å². The average Bonchev–Trinajstić information content (AvgIpc) is 3.23. The van der Waals surface area contributed by atoms with Crippen LogP contribution in [0.15, 0.2) is 18.2 Å². The number of hydrogen-bond acceptors (Lipinski definition) is 10. The van der Waals surface area contributed by atoms with Crippen molar-refractivity contribution in [1.29, 1.82) is 0 Å². The maximum absolute atomic E-state index is 13.2. The highest BCUT2D eigenvalue weighted by molar-refractivity contribution is 6.71. The van der Waals surface area contributed by atoms with Crippen molar-refractivity contribution in [2.75, 3.05) is 17.2 Å². The molecule has 2 fully saturated rings. The molecule has 12 nitrogen and oxygen atoms in total. The van der Waals surface area contributed by atoms with Gasteiger partial charge in [0.05, 0.1) is 6.10 Å². The molecule has 0 aromatic heterocycles. The van der Waals surface area contributed by atoms with Gasteiger partial charge in [-0.1, -0.05) is 6.92 Å². The molecule has 8 N–H and O–H groups in total. The van der Waals surface area contributed by atoms with E-state index in [1.807, 2.05) is 6.92 Å². The highest BCUT2D eigenvalue weighted by Gasteiger charge is 2.64. The first kappa shape index (κ1) is 26.1. The zero-order valence-corrected chi connectivity index (χ0v) is 20.6. The second kappa shape index (κ2) is 9.17. The van der Waals surface area contributed by atoms with Crippen LogP contribution in [-0.2, 0) is 24.7 Å². The molecule has 0 radical (unpaired) electrons. The number of rotatable bonds is 5. The fourth-order valence-electron chi connectivity index (χ4n) is 5.66. The van der Waals surface area contributed by atoms with Gasteiger partial charge in [-0.3, -0.25) is 9.59 Å². The molecule has 35 heavy (non-hydrogen) atoms. The summed E-state index contributed by atoms with van der Waals surface area (Å²) in [6.45, 7) is 5.18. The van der Waals surface area contributed by atoms with Crippen LogP contribution in [0.2, 0.25) is 18.6 Å². The van der Waals surface area contributed by atoms with Gasteiger partial charge in [-0.2, -0.15) is 0 Å². The molecule has 4 rings (SSSR count). The highest BCUT2D eigenvalue weighted by atomic mass is 28.4. The topological polar surface area (TPSA) is 198 Å². The normalized spacial score (nSPS) is 38.9. The second-order valence-corrected chi connectivity index (χ2v) is 14.0. The number of hydrogen-bond donors (Lipinski definition) is 8. The molecule has 1 aromatic carbocycles. The number of anilines is 2. The van der Waals surface area contributed by atoms with E-state index in [4.69, 9.17) is 9.47 Å². The van der Waals surface area contributed by atoms with Crippen molar-refractivity contribution in [3.05, 3.63) is 23.8 Å². The number of benzene rings is 1. The molecule has 13 heteroatoms. The van der Waals surface area contributed by atoms with E-state index in [0.29, 0.717) is 11.3 Å². The summed E-state index contributed by atoms with van der Waals surface area (Å²) in [6, 6.07) is 4.64. The summed E-state index contributed by atoms with van der Waals surface area (Å²) in [5, 5.41) is 54.2. The summed E-state index contributed by atoms with van der Waals surface area (Å²) in [7, 11) is -2.82. The average molecular weight is 513 g/mol. The zero-order valence-electron chi connectivity index (χ0n) is 19.6. The molecule has 9 atom stereocenters. The van der Waals surface area contributed by atoms with Crippen LogP contribution in [0.1, 0.15) is 18.9 Å². The van der Waals surface area contributed by atoms with Gasteiger partial charge in [-0.05, 0) is 37.7 Å². The lowest BCUT2D eigenvalue weighted by atomic mass is 9.82. The van der Waals surface area contributed by atoms with Crippen molar-refractivity contribution < 1.29 is 49.4 Å². The Hall–Kier alpha value is -1.94. The first-order valence-corrected chi connectivity index (χ1v) is 14.5. The molecule has 0 unspecified atom stereocenters. The lowest BCUT2D eigenvalue weighted by molar-refractivity contribution is -0.274. The maximum Gasteiger partial charge on any atom is 0.261 e. The fourth-order valence-corrected chi connectivity index (χ4v) is 8.27. The van der Waals surface area contributed by atoms with Gasteiger partial charge < -0.3 is 50.4 Å². The van der Waals surface area contributed by atoms with E-state index < -0.39 is 68.5 Å². The minimum atomic E-state index is -2.82. The van der Waals surface area contributed by atoms with Crippen LogP contribution in [0.3, 0.4) is 0 Å². The number of carbonyl (C=O) groups excluding carboxylic acids is 2. The summed E-state index contributed by atoms with van der Waals surface area (Å²) in [5.74, 6) is -1.72. The van der Waals surface area contributed by atoms with Gasteiger partial charge in [0.1, 0.15) is 18.3 Å². The van der Waals surface area contributed by atoms with Gasteiger partial charge in [0.25, 0.3) is 11.8 Å². The molecule has 2 saturated heterocycles. The molecule has 2 amide bonds. The molecule has 0 bridgehead atoms. The van der Waals surface area contributed by atoms with E-state index in [2.05, 4.69) is 10.6 Å². The Bertz CT molecular complexity index is 1000. The third kappa shape index (κ3) is 4.20. The summed E-state index contributed by atoms with van der Waals surface area (Å²) in [6.07, 6.45) is -9.17. The smallest absolute Gasteiger partial charge is 0.261 e. The minimum Gasteiger partial charge on any atom is -0.432 e. The molecule has 0 saturated carbocycles. The van der Waals surface area contributed by atoms with Crippen LogP contribution in [-0.4, -0.2) is 93.9 Å². The van der Waals surface area contributed by atoms with E-state index in [0.717, 1.165) is 0 Å². The Labute approximate surface area is 202 Å². The predicted molar refractivity (Wildman–Crippen MR) is 123 cm³/mol. The third-order valence-corrected chi connectivity index (χ3v) is 9.77. The molecular weight excluding hydrogens is 480 g/mol. The largest absolute Gasteiger partial charge is 0.432 e. The summed E-state index contributed by atoms with van der Waals surface area (Å²) < 4.78 is 11.3. The van der Waals surface area contributed by atoms with Crippen molar-refractivity contribution >= 4 is 31.5 Å². The Morgan fingerprint density at radius 2 is 1.86 bits per heavy atom. The van der Waals surface area contributed by atoms with Crippen molar-refractivity contribution in [3.8, 4) is 0 Å². The minimum absolute atomic E-state index is 0.171. The molecule has 1 aromatic rings. The quantitative estimate of drug-likeness (QED) is 0.216. The summed E-state index contributed by atoms with van der Waals surface area (Å²) in [4.78, 5) is 37.0. The summed E-state index contributed by atoms with van der Waals surface area (Å²) >= 11 is 0. The number of ether oxygens (including phenoxy) is 2. The Morgan fingerprint density at radius 1 is 1.17 bits per heavy atom. The fraction of sp³-hybridized carbons (Fsp3) is 0.636. The van der Waals surface area contributed by atoms with Crippen LogP contribution in [0.5, 0.6) is 0 Å². The van der Waals surface area contributed by atoms with Crippen LogP contribution in [0.25, 0.3) is 0 Å². The van der Waals surface area contributed by atoms with Crippen molar-refractivity contribution in [2.45, 2.75) is 74.4 Å². The maximum atomic E-state index is 13.2. The van der Waals surface area contributed by atoms with Crippen LogP contribution in [0, 0.1) is 5.92 Å². The van der Waals surface area contributed by atoms with Gasteiger partial charge in [0.15, 0.2) is 26.3 Å². The van der Waals surface area contributed by atoms with E-state index in [1.165, 1.54) is 6.07 Å². The molecule has 1 spiro atoms. The highest BCUT2D eigenvalue weighted by Crippen LogP contribution is 2.58. The van der Waals surface area contributed by atoms with Crippen molar-refractivity contribution in [2.24, 2.45) is 5.92 Å². The summed E-state index contributed by atoms with van der Waals surface area (Å²) in [5.41, 5.74) is -0.621. The van der Waals surface area contributed by atoms with Gasteiger partial charge >= 0.3 is 0 Å². The van der Waals surface area contributed by atoms with E-state index in [1.54, 1.807) is 25.2 Å². The Kier molecular flexibility index (Phi) is 6.85. The van der Waals surface area contributed by atoms with Gasteiger partial charge in [0, 0.05) is 35.0 Å². The number of aliphatic hydroxyl groups is 5. The Balaban J connectivity index is 1.64. The molecule has 194 valence electrons. The molecule has 3 aliphatic heterocycles. The zero-order chi connectivity index (χ0) is 25.9. The van der Waals surface area contributed by atoms with Gasteiger partial charge in [-0.25, -0.2) is 0 Å². The number of amides is 2. The number of nitrogens with one attached hydrogen (secondary N) is 2. The molecule has 3 aliphatic rings.